The van der Waals surface area contributed by atoms with Gasteiger partial charge in [-0.25, -0.2) is 0 Å². The molecule has 0 aromatic rings. The van der Waals surface area contributed by atoms with Gasteiger partial charge < -0.3 is 0 Å². The van der Waals surface area contributed by atoms with Crippen molar-refractivity contribution in [3.05, 3.63) is 0 Å². The number of hydrogen-bond acceptors (Lipinski definition) is 8. The van der Waals surface area contributed by atoms with Crippen LogP contribution < -0.4 is 0 Å². The third-order valence-corrected chi connectivity index (χ3v) is 9.72. The molecule has 0 radical (unpaired) electrons. The second-order valence-electron chi connectivity index (χ2n) is 3.47. The Labute approximate surface area is 158 Å². The third-order valence-electron chi connectivity index (χ3n) is 1.97. The molecule has 0 rings (SSSR count). The Bertz CT molecular complexity index is 146. The van der Waals surface area contributed by atoms with Crippen LogP contribution in [0.5, 0.6) is 0 Å². The molecule has 0 aliphatic rings. The van der Waals surface area contributed by atoms with E-state index in [1.54, 1.807) is 0 Å². The largest absolute Gasteiger partial charge is 0.179 e. The monoisotopic (exact) mass is 412 g/mol. The fourth-order valence-corrected chi connectivity index (χ4v) is 7.73. The van der Waals surface area contributed by atoms with Gasteiger partial charge in [0.05, 0.1) is 9.16 Å². The van der Waals surface area contributed by atoms with E-state index in [9.17, 15) is 0 Å². The Morgan fingerprint density at radius 2 is 0.789 bits per heavy atom. The lowest BCUT2D eigenvalue weighted by molar-refractivity contribution is 1.03. The summed E-state index contributed by atoms with van der Waals surface area (Å²) in [6.45, 7) is 0. The summed E-state index contributed by atoms with van der Waals surface area (Å²) in [4.78, 5) is 0. The van der Waals surface area contributed by atoms with Crippen molar-refractivity contribution in [1.29, 1.82) is 0 Å². The van der Waals surface area contributed by atoms with Crippen LogP contribution in [0.2, 0.25) is 0 Å². The summed E-state index contributed by atoms with van der Waals surface area (Å²) >= 11 is 25.4. The van der Waals surface area contributed by atoms with Gasteiger partial charge in [0, 0.05) is 23.0 Å². The minimum Gasteiger partial charge on any atom is -0.179 e. The average Bonchev–Trinajstić information content (AvgIpc) is 2.44. The van der Waals surface area contributed by atoms with Crippen molar-refractivity contribution >= 4 is 97.6 Å². The number of thiol groups is 4. The lowest BCUT2D eigenvalue weighted by Gasteiger charge is -2.22. The first-order chi connectivity index (χ1) is 9.28. The Morgan fingerprint density at radius 3 is 1.00 bits per heavy atom. The second-order valence-corrected chi connectivity index (χ2v) is 11.1. The van der Waals surface area contributed by atoms with Crippen molar-refractivity contribution < 1.29 is 0 Å². The Balaban J connectivity index is 4.16. The van der Waals surface area contributed by atoms with Crippen molar-refractivity contribution in [3.8, 4) is 0 Å². The van der Waals surface area contributed by atoms with Gasteiger partial charge in [-0.1, -0.05) is 0 Å². The predicted molar refractivity (Wildman–Crippen MR) is 117 cm³/mol. The molecule has 0 aromatic carbocycles. The summed E-state index contributed by atoms with van der Waals surface area (Å²) in [6, 6.07) is 0. The molecule has 0 bridgehead atoms. The molecule has 0 N–H and O–H groups in total. The first kappa shape index (κ1) is 21.8. The molecule has 0 unspecified atom stereocenters. The van der Waals surface area contributed by atoms with Crippen LogP contribution in [0.1, 0.15) is 6.42 Å². The quantitative estimate of drug-likeness (QED) is 0.241. The normalized spacial score (nSPS) is 11.7. The molecular formula is C11H24S8. The molecule has 0 saturated carbocycles. The first-order valence-electron chi connectivity index (χ1n) is 6.18. The lowest BCUT2D eigenvalue weighted by atomic mass is 10.5. The molecule has 0 amide bonds. The van der Waals surface area contributed by atoms with Gasteiger partial charge in [0.2, 0.25) is 0 Å². The van der Waals surface area contributed by atoms with Gasteiger partial charge in [0.1, 0.15) is 0 Å². The molecule has 0 nitrogen and oxygen atoms in total. The molecule has 0 fully saturated rings. The summed E-state index contributed by atoms with van der Waals surface area (Å²) in [5, 5.41) is 0. The maximum Gasteiger partial charge on any atom is 0.0521 e. The van der Waals surface area contributed by atoms with Crippen molar-refractivity contribution in [2.24, 2.45) is 0 Å². The SMILES string of the molecule is SCCSC(CC(SCCS)SCCS)SCCS. The minimum atomic E-state index is 0.670. The van der Waals surface area contributed by atoms with Crippen molar-refractivity contribution in [2.75, 3.05) is 46.0 Å². The molecule has 0 heterocycles. The van der Waals surface area contributed by atoms with Crippen LogP contribution in [0.4, 0.5) is 0 Å². The van der Waals surface area contributed by atoms with E-state index in [0.29, 0.717) is 9.16 Å². The van der Waals surface area contributed by atoms with Gasteiger partial charge in [-0.15, -0.1) is 47.0 Å². The van der Waals surface area contributed by atoms with Crippen LogP contribution in [-0.2, 0) is 0 Å². The number of thioether (sulfide) groups is 4. The molecular weight excluding hydrogens is 389 g/mol. The smallest absolute Gasteiger partial charge is 0.0521 e. The van der Waals surface area contributed by atoms with E-state index in [-0.39, 0.29) is 0 Å². The second kappa shape index (κ2) is 17.2. The van der Waals surface area contributed by atoms with Crippen molar-refractivity contribution in [3.63, 3.8) is 0 Å². The summed E-state index contributed by atoms with van der Waals surface area (Å²) < 4.78 is 1.34. The summed E-state index contributed by atoms with van der Waals surface area (Å²) in [5.41, 5.74) is 0. The minimum absolute atomic E-state index is 0.670. The van der Waals surface area contributed by atoms with Crippen LogP contribution >= 0.6 is 97.6 Å². The summed E-state index contributed by atoms with van der Waals surface area (Å²) in [7, 11) is 0. The Morgan fingerprint density at radius 1 is 0.526 bits per heavy atom. The maximum absolute atomic E-state index is 4.31. The Kier molecular flexibility index (Phi) is 19.7. The molecule has 0 spiro atoms. The predicted octanol–water partition coefficient (Wildman–Crippen LogP) is 4.68. The third kappa shape index (κ3) is 14.1. The van der Waals surface area contributed by atoms with Crippen LogP contribution in [0.25, 0.3) is 0 Å². The first-order valence-corrected chi connectivity index (χ1v) is 12.9. The molecule has 0 saturated heterocycles. The number of hydrogen-bond donors (Lipinski definition) is 4. The molecule has 116 valence electrons. The topological polar surface area (TPSA) is 0 Å². The zero-order valence-electron chi connectivity index (χ0n) is 10.9. The van der Waals surface area contributed by atoms with Crippen molar-refractivity contribution in [2.45, 2.75) is 15.6 Å². The van der Waals surface area contributed by atoms with E-state index >= 15 is 0 Å². The van der Waals surface area contributed by atoms with E-state index in [1.807, 2.05) is 47.0 Å². The highest BCUT2D eigenvalue weighted by molar-refractivity contribution is 8.18. The molecule has 0 aliphatic heterocycles. The summed E-state index contributed by atoms with van der Waals surface area (Å²) in [6.07, 6.45) is 1.24. The van der Waals surface area contributed by atoms with E-state index in [1.165, 1.54) is 6.42 Å². The van der Waals surface area contributed by atoms with E-state index in [0.717, 1.165) is 46.0 Å². The highest BCUT2D eigenvalue weighted by atomic mass is 32.2. The van der Waals surface area contributed by atoms with Crippen LogP contribution in [0, 0.1) is 0 Å². The van der Waals surface area contributed by atoms with Crippen molar-refractivity contribution in [1.82, 2.24) is 0 Å². The van der Waals surface area contributed by atoms with Gasteiger partial charge in [-0.2, -0.15) is 50.5 Å². The fourth-order valence-electron chi connectivity index (χ4n) is 1.26. The van der Waals surface area contributed by atoms with E-state index in [4.69, 9.17) is 0 Å². The highest BCUT2D eigenvalue weighted by Crippen LogP contribution is 2.36. The lowest BCUT2D eigenvalue weighted by Crippen LogP contribution is -2.11. The van der Waals surface area contributed by atoms with Gasteiger partial charge >= 0.3 is 0 Å². The van der Waals surface area contributed by atoms with Gasteiger partial charge in [-0.3, -0.25) is 0 Å². The molecule has 0 aromatic heterocycles. The zero-order chi connectivity index (χ0) is 14.3. The highest BCUT2D eigenvalue weighted by Gasteiger charge is 2.17. The molecule has 8 heteroatoms. The summed E-state index contributed by atoms with van der Waals surface area (Å²) in [5.74, 6) is 8.37. The van der Waals surface area contributed by atoms with Gasteiger partial charge in [-0.05, 0) is 29.4 Å². The maximum atomic E-state index is 4.31. The molecule has 0 aliphatic carbocycles. The van der Waals surface area contributed by atoms with Crippen LogP contribution in [0.3, 0.4) is 0 Å². The van der Waals surface area contributed by atoms with E-state index < -0.39 is 0 Å². The standard InChI is InChI=1S/C11H24S8/c12-1-5-16-10(17-6-2-13)9-11(18-7-3-14)19-8-4-15/h10-15H,1-9H2. The number of rotatable bonds is 14. The van der Waals surface area contributed by atoms with Gasteiger partial charge in [0.15, 0.2) is 0 Å². The van der Waals surface area contributed by atoms with Crippen LogP contribution in [-0.4, -0.2) is 55.2 Å². The Hall–Kier alpha value is 2.80. The molecule has 19 heavy (non-hydrogen) atoms. The fraction of sp³-hybridized carbons (Fsp3) is 1.00. The molecule has 0 atom stereocenters. The van der Waals surface area contributed by atoms with Gasteiger partial charge in [0.25, 0.3) is 0 Å². The van der Waals surface area contributed by atoms with Crippen LogP contribution in [0.15, 0.2) is 0 Å². The zero-order valence-corrected chi connectivity index (χ0v) is 17.8. The average molecular weight is 413 g/mol. The van der Waals surface area contributed by atoms with E-state index in [2.05, 4.69) is 50.5 Å².